The van der Waals surface area contributed by atoms with Crippen LogP contribution in [0.5, 0.6) is 0 Å². The fourth-order valence-electron chi connectivity index (χ4n) is 1.29. The van der Waals surface area contributed by atoms with Gasteiger partial charge in [0.25, 0.3) is 0 Å². The van der Waals surface area contributed by atoms with E-state index in [-0.39, 0.29) is 17.7 Å². The summed E-state index contributed by atoms with van der Waals surface area (Å²) in [5, 5.41) is 0. The van der Waals surface area contributed by atoms with Crippen molar-refractivity contribution in [1.29, 1.82) is 0 Å². The summed E-state index contributed by atoms with van der Waals surface area (Å²) in [5.74, 6) is 0.359. The fourth-order valence-corrected chi connectivity index (χ4v) is 1.44. The molecule has 1 unspecified atom stereocenters. The minimum Gasteiger partial charge on any atom is -0.278 e. The molecule has 0 N–H and O–H groups in total. The first-order valence-electron chi connectivity index (χ1n) is 4.27. The lowest BCUT2D eigenvalue weighted by Crippen LogP contribution is -2.30. The molecular formula is C9H13NO2S. The molecule has 3 nitrogen and oxygen atoms in total. The second-order valence-electron chi connectivity index (χ2n) is 3.10. The number of thiol groups is 1. The third-order valence-corrected chi connectivity index (χ3v) is 2.24. The van der Waals surface area contributed by atoms with Crippen molar-refractivity contribution in [2.75, 3.05) is 12.3 Å². The molecule has 1 saturated heterocycles. The number of carbonyl (C=O) groups is 2. The lowest BCUT2D eigenvalue weighted by atomic mass is 10.1. The predicted octanol–water partition coefficient (Wildman–Crippen LogP) is 0.867. The smallest absolute Gasteiger partial charge is 0.232 e. The first kappa shape index (κ1) is 10.3. The van der Waals surface area contributed by atoms with Crippen LogP contribution >= 0.6 is 12.6 Å². The standard InChI is InChI=1S/C9H13NO2S/c1-7-6-8(11)10(9(7)12)4-2-3-5-13/h2-3,7,13H,4-6H2,1H3/b3-2+. The Morgan fingerprint density at radius 1 is 1.54 bits per heavy atom. The highest BCUT2D eigenvalue weighted by Gasteiger charge is 2.34. The average Bonchev–Trinajstić information content (AvgIpc) is 2.32. The summed E-state index contributed by atoms with van der Waals surface area (Å²) in [7, 11) is 0. The van der Waals surface area contributed by atoms with Gasteiger partial charge in [-0.25, -0.2) is 0 Å². The zero-order valence-corrected chi connectivity index (χ0v) is 8.46. The van der Waals surface area contributed by atoms with Gasteiger partial charge in [0.2, 0.25) is 11.8 Å². The maximum atomic E-state index is 11.4. The first-order valence-corrected chi connectivity index (χ1v) is 4.90. The largest absolute Gasteiger partial charge is 0.278 e. The third-order valence-electron chi connectivity index (χ3n) is 2.03. The van der Waals surface area contributed by atoms with Gasteiger partial charge in [0.1, 0.15) is 0 Å². The minimum absolute atomic E-state index is 0.0613. The third kappa shape index (κ3) is 2.34. The van der Waals surface area contributed by atoms with Crippen LogP contribution in [0.15, 0.2) is 12.2 Å². The van der Waals surface area contributed by atoms with E-state index in [4.69, 9.17) is 0 Å². The van der Waals surface area contributed by atoms with E-state index in [9.17, 15) is 9.59 Å². The van der Waals surface area contributed by atoms with Gasteiger partial charge in [0, 0.05) is 24.6 Å². The lowest BCUT2D eigenvalue weighted by molar-refractivity contribution is -0.138. The Balaban J connectivity index is 2.54. The summed E-state index contributed by atoms with van der Waals surface area (Å²) < 4.78 is 0. The predicted molar refractivity (Wildman–Crippen MR) is 53.5 cm³/mol. The molecule has 72 valence electrons. The van der Waals surface area contributed by atoms with Crippen molar-refractivity contribution in [3.05, 3.63) is 12.2 Å². The maximum Gasteiger partial charge on any atom is 0.232 e. The van der Waals surface area contributed by atoms with Gasteiger partial charge in [-0.1, -0.05) is 19.1 Å². The van der Waals surface area contributed by atoms with Crippen molar-refractivity contribution in [1.82, 2.24) is 4.90 Å². The van der Waals surface area contributed by atoms with Crippen molar-refractivity contribution in [2.45, 2.75) is 13.3 Å². The topological polar surface area (TPSA) is 37.4 Å². The fraction of sp³-hybridized carbons (Fsp3) is 0.556. The second kappa shape index (κ2) is 4.46. The molecule has 0 aromatic carbocycles. The highest BCUT2D eigenvalue weighted by Crippen LogP contribution is 2.18. The Hall–Kier alpha value is -0.770. The molecule has 13 heavy (non-hydrogen) atoms. The summed E-state index contributed by atoms with van der Waals surface area (Å²) in [6.07, 6.45) is 3.97. The molecule has 0 bridgehead atoms. The molecule has 0 radical (unpaired) electrons. The van der Waals surface area contributed by atoms with Crippen molar-refractivity contribution in [3.63, 3.8) is 0 Å². The lowest BCUT2D eigenvalue weighted by Gasteiger charge is -2.10. The molecular weight excluding hydrogens is 186 g/mol. The second-order valence-corrected chi connectivity index (χ2v) is 3.47. The monoisotopic (exact) mass is 199 g/mol. The quantitative estimate of drug-likeness (QED) is 0.416. The molecule has 1 heterocycles. The van der Waals surface area contributed by atoms with Crippen molar-refractivity contribution in [3.8, 4) is 0 Å². The van der Waals surface area contributed by atoms with E-state index >= 15 is 0 Å². The molecule has 0 aromatic rings. The first-order chi connectivity index (χ1) is 6.16. The normalized spacial score (nSPS) is 23.5. The van der Waals surface area contributed by atoms with Crippen LogP contribution in [0.25, 0.3) is 0 Å². The van der Waals surface area contributed by atoms with Gasteiger partial charge in [-0.05, 0) is 0 Å². The summed E-state index contributed by atoms with van der Waals surface area (Å²) >= 11 is 3.98. The van der Waals surface area contributed by atoms with Crippen molar-refractivity contribution < 1.29 is 9.59 Å². The zero-order valence-electron chi connectivity index (χ0n) is 7.56. The minimum atomic E-state index is -0.142. The summed E-state index contributed by atoms with van der Waals surface area (Å²) in [5.41, 5.74) is 0. The van der Waals surface area contributed by atoms with Gasteiger partial charge in [-0.2, -0.15) is 12.6 Å². The molecule has 4 heteroatoms. The Labute approximate surface area is 83.2 Å². The zero-order chi connectivity index (χ0) is 9.84. The highest BCUT2D eigenvalue weighted by atomic mass is 32.1. The van der Waals surface area contributed by atoms with Gasteiger partial charge < -0.3 is 0 Å². The van der Waals surface area contributed by atoms with Crippen molar-refractivity contribution >= 4 is 24.4 Å². The number of hydrogen-bond acceptors (Lipinski definition) is 3. The van der Waals surface area contributed by atoms with Crippen LogP contribution in [0.1, 0.15) is 13.3 Å². The maximum absolute atomic E-state index is 11.4. The average molecular weight is 199 g/mol. The Morgan fingerprint density at radius 2 is 2.23 bits per heavy atom. The highest BCUT2D eigenvalue weighted by molar-refractivity contribution is 7.80. The number of imide groups is 1. The van der Waals surface area contributed by atoms with Gasteiger partial charge in [-0.3, -0.25) is 14.5 Å². The SMILES string of the molecule is CC1CC(=O)N(C/C=C/CS)C1=O. The molecule has 0 aromatic heterocycles. The van der Waals surface area contributed by atoms with Crippen molar-refractivity contribution in [2.24, 2.45) is 5.92 Å². The van der Waals surface area contributed by atoms with Gasteiger partial charge in [0.05, 0.1) is 0 Å². The van der Waals surface area contributed by atoms with Crippen LogP contribution in [-0.4, -0.2) is 29.0 Å². The number of hydrogen-bond donors (Lipinski definition) is 1. The van der Waals surface area contributed by atoms with Gasteiger partial charge in [-0.15, -0.1) is 0 Å². The van der Waals surface area contributed by atoms with E-state index in [2.05, 4.69) is 12.6 Å². The molecule has 1 aliphatic heterocycles. The number of rotatable bonds is 3. The summed E-state index contributed by atoms with van der Waals surface area (Å²) in [6, 6.07) is 0. The molecule has 0 saturated carbocycles. The van der Waals surface area contributed by atoms with Crippen LogP contribution < -0.4 is 0 Å². The summed E-state index contributed by atoms with van der Waals surface area (Å²) in [6.45, 7) is 2.17. The van der Waals surface area contributed by atoms with Gasteiger partial charge >= 0.3 is 0 Å². The Bertz CT molecular complexity index is 250. The van der Waals surface area contributed by atoms with E-state index in [1.54, 1.807) is 13.0 Å². The van der Waals surface area contributed by atoms with Crippen LogP contribution in [-0.2, 0) is 9.59 Å². The molecule has 1 fully saturated rings. The van der Waals surface area contributed by atoms with E-state index in [0.29, 0.717) is 18.7 Å². The van der Waals surface area contributed by atoms with Crippen LogP contribution in [0.3, 0.4) is 0 Å². The molecule has 1 aliphatic rings. The van der Waals surface area contributed by atoms with E-state index < -0.39 is 0 Å². The van der Waals surface area contributed by atoms with Gasteiger partial charge in [0.15, 0.2) is 0 Å². The Morgan fingerprint density at radius 3 is 2.69 bits per heavy atom. The van der Waals surface area contributed by atoms with Crippen LogP contribution in [0.2, 0.25) is 0 Å². The van der Waals surface area contributed by atoms with E-state index in [1.165, 1.54) is 4.90 Å². The number of likely N-dealkylation sites (tertiary alicyclic amines) is 1. The number of nitrogens with zero attached hydrogens (tertiary/aromatic N) is 1. The van der Waals surface area contributed by atoms with Crippen LogP contribution in [0, 0.1) is 5.92 Å². The molecule has 0 aliphatic carbocycles. The molecule has 2 amide bonds. The molecule has 1 rings (SSSR count). The van der Waals surface area contributed by atoms with E-state index in [0.717, 1.165) is 0 Å². The van der Waals surface area contributed by atoms with Crippen LogP contribution in [0.4, 0.5) is 0 Å². The molecule has 0 spiro atoms. The number of carbonyl (C=O) groups excluding carboxylic acids is 2. The number of amides is 2. The van der Waals surface area contributed by atoms with E-state index in [1.807, 2.05) is 6.08 Å². The molecule has 1 atom stereocenters. The summed E-state index contributed by atoms with van der Waals surface area (Å²) in [4.78, 5) is 23.9. The Kier molecular flexibility index (Phi) is 3.54.